The van der Waals surface area contributed by atoms with E-state index in [-0.39, 0.29) is 24.4 Å². The largest absolute Gasteiger partial charge is 0.469 e. The first-order chi connectivity index (χ1) is 9.40. The van der Waals surface area contributed by atoms with E-state index in [2.05, 4.69) is 5.32 Å². The molecule has 1 rings (SSSR count). The molecule has 0 saturated heterocycles. The third kappa shape index (κ3) is 4.35. The van der Waals surface area contributed by atoms with Crippen molar-refractivity contribution in [3.8, 4) is 0 Å². The van der Waals surface area contributed by atoms with Crippen molar-refractivity contribution in [2.24, 2.45) is 0 Å². The normalized spacial score (nSPS) is 12.6. The van der Waals surface area contributed by atoms with Gasteiger partial charge >= 0.3 is 11.9 Å². The molecule has 1 N–H and O–H groups in total. The Morgan fingerprint density at radius 2 is 1.75 bits per heavy atom. The third-order valence-corrected chi connectivity index (χ3v) is 3.03. The lowest BCUT2D eigenvalue weighted by molar-refractivity contribution is -0.148. The summed E-state index contributed by atoms with van der Waals surface area (Å²) in [5.74, 6) is -0.727. The van der Waals surface area contributed by atoms with Crippen molar-refractivity contribution in [1.82, 2.24) is 5.32 Å². The van der Waals surface area contributed by atoms with Crippen molar-refractivity contribution in [3.63, 3.8) is 0 Å². The molecule has 110 valence electrons. The Balaban J connectivity index is 2.94. The number of rotatable bonds is 6. The van der Waals surface area contributed by atoms with Crippen molar-refractivity contribution in [2.45, 2.75) is 31.8 Å². The van der Waals surface area contributed by atoms with Gasteiger partial charge in [0.15, 0.2) is 0 Å². The highest BCUT2D eigenvalue weighted by atomic mass is 16.5. The molecule has 0 amide bonds. The fraction of sp³-hybridized carbons (Fsp3) is 0.467. The standard InChI is InChI=1S/C15H21NO4/c1-15(2,14(18)20-4)16-12(10-13(17)19-3)11-8-6-5-7-9-11/h5-9,12,16H,10H2,1-4H3. The van der Waals surface area contributed by atoms with Crippen LogP contribution in [0.15, 0.2) is 30.3 Å². The molecule has 1 unspecified atom stereocenters. The van der Waals surface area contributed by atoms with Crippen LogP contribution in [-0.2, 0) is 19.1 Å². The summed E-state index contributed by atoms with van der Waals surface area (Å²) >= 11 is 0. The molecule has 1 atom stereocenters. The van der Waals surface area contributed by atoms with Crippen molar-refractivity contribution in [1.29, 1.82) is 0 Å². The average molecular weight is 279 g/mol. The molecule has 20 heavy (non-hydrogen) atoms. The van der Waals surface area contributed by atoms with Gasteiger partial charge in [-0.15, -0.1) is 0 Å². The van der Waals surface area contributed by atoms with Gasteiger partial charge in [-0.2, -0.15) is 0 Å². The molecule has 0 bridgehead atoms. The Morgan fingerprint density at radius 1 is 1.15 bits per heavy atom. The fourth-order valence-corrected chi connectivity index (χ4v) is 1.94. The maximum Gasteiger partial charge on any atom is 0.325 e. The number of benzene rings is 1. The van der Waals surface area contributed by atoms with E-state index < -0.39 is 5.54 Å². The number of nitrogens with one attached hydrogen (secondary N) is 1. The Labute approximate surface area is 119 Å². The maximum atomic E-state index is 11.8. The van der Waals surface area contributed by atoms with Gasteiger partial charge in [0.2, 0.25) is 0 Å². The number of carbonyl (C=O) groups is 2. The molecule has 0 radical (unpaired) electrons. The summed E-state index contributed by atoms with van der Waals surface area (Å²) in [6, 6.07) is 9.13. The van der Waals surface area contributed by atoms with Gasteiger partial charge in [0.05, 0.1) is 20.6 Å². The summed E-state index contributed by atoms with van der Waals surface area (Å²) in [5, 5.41) is 3.15. The lowest BCUT2D eigenvalue weighted by Crippen LogP contribution is -2.49. The molecule has 1 aromatic carbocycles. The molecule has 0 aliphatic heterocycles. The number of methoxy groups -OCH3 is 2. The SMILES string of the molecule is COC(=O)CC(NC(C)(C)C(=O)OC)c1ccccc1. The van der Waals surface area contributed by atoms with Crippen LogP contribution in [-0.4, -0.2) is 31.7 Å². The first kappa shape index (κ1) is 16.2. The first-order valence-corrected chi connectivity index (χ1v) is 6.38. The van der Waals surface area contributed by atoms with E-state index in [1.165, 1.54) is 14.2 Å². The van der Waals surface area contributed by atoms with Crippen LogP contribution in [0, 0.1) is 0 Å². The maximum absolute atomic E-state index is 11.8. The number of carbonyl (C=O) groups excluding carboxylic acids is 2. The van der Waals surface area contributed by atoms with Crippen LogP contribution in [0.3, 0.4) is 0 Å². The van der Waals surface area contributed by atoms with Crippen LogP contribution in [0.25, 0.3) is 0 Å². The van der Waals surface area contributed by atoms with Gasteiger partial charge in [0, 0.05) is 6.04 Å². The Kier molecular flexibility index (Phi) is 5.70. The summed E-state index contributed by atoms with van der Waals surface area (Å²) in [4.78, 5) is 23.3. The fourth-order valence-electron chi connectivity index (χ4n) is 1.94. The van der Waals surface area contributed by atoms with Gasteiger partial charge < -0.3 is 9.47 Å². The highest BCUT2D eigenvalue weighted by Gasteiger charge is 2.32. The van der Waals surface area contributed by atoms with Crippen LogP contribution in [0.1, 0.15) is 31.9 Å². The van der Waals surface area contributed by atoms with E-state index in [1.54, 1.807) is 13.8 Å². The van der Waals surface area contributed by atoms with Crippen molar-refractivity contribution < 1.29 is 19.1 Å². The lowest BCUT2D eigenvalue weighted by atomic mass is 9.98. The molecule has 0 spiro atoms. The minimum Gasteiger partial charge on any atom is -0.469 e. The minimum atomic E-state index is -0.900. The van der Waals surface area contributed by atoms with E-state index in [9.17, 15) is 9.59 Å². The number of esters is 2. The monoisotopic (exact) mass is 279 g/mol. The third-order valence-electron chi connectivity index (χ3n) is 3.03. The van der Waals surface area contributed by atoms with Crippen LogP contribution in [0.5, 0.6) is 0 Å². The molecular weight excluding hydrogens is 258 g/mol. The second-order valence-corrected chi connectivity index (χ2v) is 5.00. The molecule has 0 aromatic heterocycles. The zero-order chi connectivity index (χ0) is 15.2. The highest BCUT2D eigenvalue weighted by molar-refractivity contribution is 5.80. The summed E-state index contributed by atoms with van der Waals surface area (Å²) in [7, 11) is 2.68. The van der Waals surface area contributed by atoms with Gasteiger partial charge in [-0.1, -0.05) is 30.3 Å². The van der Waals surface area contributed by atoms with Crippen LogP contribution < -0.4 is 5.32 Å². The Hall–Kier alpha value is -1.88. The molecule has 0 saturated carbocycles. The zero-order valence-corrected chi connectivity index (χ0v) is 12.3. The number of ether oxygens (including phenoxy) is 2. The van der Waals surface area contributed by atoms with Crippen molar-refractivity contribution in [3.05, 3.63) is 35.9 Å². The van der Waals surface area contributed by atoms with E-state index >= 15 is 0 Å². The molecule has 0 fully saturated rings. The summed E-state index contributed by atoms with van der Waals surface area (Å²) in [6.45, 7) is 3.43. The van der Waals surface area contributed by atoms with Crippen molar-refractivity contribution >= 4 is 11.9 Å². The highest BCUT2D eigenvalue weighted by Crippen LogP contribution is 2.21. The lowest BCUT2D eigenvalue weighted by Gasteiger charge is -2.29. The summed E-state index contributed by atoms with van der Waals surface area (Å²) in [5.41, 5.74) is 0.0124. The van der Waals surface area contributed by atoms with E-state index in [0.29, 0.717) is 0 Å². The van der Waals surface area contributed by atoms with Gasteiger partial charge in [0.1, 0.15) is 5.54 Å². The van der Waals surface area contributed by atoms with Crippen LogP contribution in [0.4, 0.5) is 0 Å². The molecule has 5 heteroatoms. The minimum absolute atomic E-state index is 0.140. The average Bonchev–Trinajstić information content (AvgIpc) is 2.46. The topological polar surface area (TPSA) is 64.6 Å². The quantitative estimate of drug-likeness (QED) is 0.805. The van der Waals surface area contributed by atoms with Crippen LogP contribution >= 0.6 is 0 Å². The predicted octanol–water partition coefficient (Wildman–Crippen LogP) is 1.83. The van der Waals surface area contributed by atoms with Gasteiger partial charge in [-0.3, -0.25) is 14.9 Å². The van der Waals surface area contributed by atoms with Gasteiger partial charge in [-0.05, 0) is 19.4 Å². The van der Waals surface area contributed by atoms with Crippen LogP contribution in [0.2, 0.25) is 0 Å². The zero-order valence-electron chi connectivity index (χ0n) is 12.3. The Bertz CT molecular complexity index is 456. The summed E-state index contributed by atoms with van der Waals surface area (Å²) < 4.78 is 9.47. The second kappa shape index (κ2) is 7.05. The molecule has 1 aromatic rings. The molecule has 5 nitrogen and oxygen atoms in total. The first-order valence-electron chi connectivity index (χ1n) is 6.38. The van der Waals surface area contributed by atoms with E-state index in [0.717, 1.165) is 5.56 Å². The number of hydrogen-bond acceptors (Lipinski definition) is 5. The van der Waals surface area contributed by atoms with Crippen molar-refractivity contribution in [2.75, 3.05) is 14.2 Å². The molecule has 0 aliphatic rings. The molecular formula is C15H21NO4. The van der Waals surface area contributed by atoms with E-state index in [1.807, 2.05) is 30.3 Å². The predicted molar refractivity (Wildman–Crippen MR) is 75.0 cm³/mol. The van der Waals surface area contributed by atoms with Gasteiger partial charge in [0.25, 0.3) is 0 Å². The van der Waals surface area contributed by atoms with E-state index in [4.69, 9.17) is 9.47 Å². The number of hydrogen-bond donors (Lipinski definition) is 1. The Morgan fingerprint density at radius 3 is 2.25 bits per heavy atom. The van der Waals surface area contributed by atoms with Gasteiger partial charge in [-0.25, -0.2) is 0 Å². The molecule has 0 heterocycles. The second-order valence-electron chi connectivity index (χ2n) is 5.00. The summed E-state index contributed by atoms with van der Waals surface area (Å²) in [6.07, 6.45) is 0.140. The molecule has 0 aliphatic carbocycles. The smallest absolute Gasteiger partial charge is 0.325 e.